The van der Waals surface area contributed by atoms with Gasteiger partial charge in [-0.15, -0.1) is 0 Å². The fourth-order valence-electron chi connectivity index (χ4n) is 1.04. The molecule has 0 aliphatic rings. The third-order valence-corrected chi connectivity index (χ3v) is 1.72. The predicted molar refractivity (Wildman–Crippen MR) is 43.6 cm³/mol. The van der Waals surface area contributed by atoms with Gasteiger partial charge in [0.2, 0.25) is 0 Å². The van der Waals surface area contributed by atoms with Crippen molar-refractivity contribution in [1.29, 1.82) is 0 Å². The molecule has 14 heavy (non-hydrogen) atoms. The van der Waals surface area contributed by atoms with Crippen molar-refractivity contribution in [2.24, 2.45) is 0 Å². The van der Waals surface area contributed by atoms with Crippen LogP contribution in [0.15, 0.2) is 12.1 Å². The number of nitro groups is 1. The van der Waals surface area contributed by atoms with Crippen LogP contribution in [-0.2, 0) is 0 Å². The summed E-state index contributed by atoms with van der Waals surface area (Å²) in [5.74, 6) is -2.52. The van der Waals surface area contributed by atoms with Crippen LogP contribution in [-0.4, -0.2) is 10.0 Å². The van der Waals surface area contributed by atoms with Crippen molar-refractivity contribution in [2.75, 3.05) is 0 Å². The summed E-state index contributed by atoms with van der Waals surface area (Å²) in [7, 11) is 0. The van der Waals surface area contributed by atoms with E-state index in [1.54, 1.807) is 0 Å². The van der Waals surface area contributed by atoms with Gasteiger partial charge in [-0.05, 0) is 13.0 Å². The Labute approximate surface area is 77.9 Å². The number of nitrogens with zero attached hydrogens (tertiary/aromatic N) is 1. The molecule has 0 heterocycles. The van der Waals surface area contributed by atoms with E-state index in [1.165, 1.54) is 6.92 Å². The van der Waals surface area contributed by atoms with E-state index >= 15 is 0 Å². The van der Waals surface area contributed by atoms with Crippen LogP contribution in [0.1, 0.15) is 18.6 Å². The molecule has 0 fully saturated rings. The summed E-state index contributed by atoms with van der Waals surface area (Å²) in [5, 5.41) is 19.5. The van der Waals surface area contributed by atoms with Gasteiger partial charge >= 0.3 is 0 Å². The second-order valence-electron chi connectivity index (χ2n) is 2.76. The Bertz CT molecular complexity index is 379. The van der Waals surface area contributed by atoms with E-state index in [-0.39, 0.29) is 5.56 Å². The predicted octanol–water partition coefficient (Wildman–Crippen LogP) is 1.93. The number of nitro benzene ring substituents is 1. The minimum Gasteiger partial charge on any atom is -0.388 e. The number of hydrogen-bond donors (Lipinski definition) is 1. The summed E-state index contributed by atoms with van der Waals surface area (Å²) in [6.45, 7) is 1.24. The van der Waals surface area contributed by atoms with Crippen LogP contribution >= 0.6 is 0 Å². The smallest absolute Gasteiger partial charge is 0.278 e. The molecule has 1 aromatic carbocycles. The van der Waals surface area contributed by atoms with Crippen LogP contribution in [0.3, 0.4) is 0 Å². The lowest BCUT2D eigenvalue weighted by atomic mass is 10.1. The van der Waals surface area contributed by atoms with E-state index in [0.717, 1.165) is 0 Å². The molecule has 0 unspecified atom stereocenters. The Balaban J connectivity index is 3.39. The lowest BCUT2D eigenvalue weighted by molar-refractivity contribution is -0.386. The molecule has 0 bridgehead atoms. The first kappa shape index (κ1) is 10.5. The first-order chi connectivity index (χ1) is 6.43. The molecule has 1 N–H and O–H groups in total. The molecule has 4 nitrogen and oxygen atoms in total. The molecule has 0 aliphatic carbocycles. The highest BCUT2D eigenvalue weighted by atomic mass is 19.2. The zero-order chi connectivity index (χ0) is 10.9. The number of benzene rings is 1. The third kappa shape index (κ3) is 1.85. The van der Waals surface area contributed by atoms with Gasteiger partial charge in [0, 0.05) is 0 Å². The third-order valence-electron chi connectivity index (χ3n) is 1.72. The normalized spacial score (nSPS) is 12.6. The molecule has 0 spiro atoms. The lowest BCUT2D eigenvalue weighted by Gasteiger charge is -2.05. The Kier molecular flexibility index (Phi) is 2.76. The SMILES string of the molecule is C[C@H](O)c1cc(F)c(F)cc1[N+](=O)[O-]. The van der Waals surface area contributed by atoms with E-state index in [4.69, 9.17) is 5.11 Å². The number of hydrogen-bond acceptors (Lipinski definition) is 3. The fourth-order valence-corrected chi connectivity index (χ4v) is 1.04. The topological polar surface area (TPSA) is 63.4 Å². The molecular formula is C8H7F2NO3. The fraction of sp³-hybridized carbons (Fsp3) is 0.250. The molecule has 0 saturated heterocycles. The van der Waals surface area contributed by atoms with Gasteiger partial charge in [-0.1, -0.05) is 0 Å². The number of rotatable bonds is 2. The van der Waals surface area contributed by atoms with Crippen LogP contribution in [0, 0.1) is 21.7 Å². The first-order valence-corrected chi connectivity index (χ1v) is 3.75. The largest absolute Gasteiger partial charge is 0.388 e. The Morgan fingerprint density at radius 2 is 1.93 bits per heavy atom. The van der Waals surface area contributed by atoms with Crippen LogP contribution in [0.4, 0.5) is 14.5 Å². The molecule has 76 valence electrons. The molecule has 0 radical (unpaired) electrons. The van der Waals surface area contributed by atoms with E-state index in [9.17, 15) is 18.9 Å². The van der Waals surface area contributed by atoms with Crippen LogP contribution < -0.4 is 0 Å². The Morgan fingerprint density at radius 3 is 2.36 bits per heavy atom. The maximum Gasteiger partial charge on any atom is 0.278 e. The van der Waals surface area contributed by atoms with Gasteiger partial charge in [0.1, 0.15) is 0 Å². The monoisotopic (exact) mass is 203 g/mol. The van der Waals surface area contributed by atoms with Gasteiger partial charge < -0.3 is 5.11 Å². The number of aliphatic hydroxyl groups is 1. The van der Waals surface area contributed by atoms with Gasteiger partial charge in [-0.2, -0.15) is 0 Å². The van der Waals surface area contributed by atoms with Gasteiger partial charge in [0.05, 0.1) is 22.7 Å². The molecule has 0 saturated carbocycles. The average Bonchev–Trinajstić information content (AvgIpc) is 2.08. The summed E-state index contributed by atoms with van der Waals surface area (Å²) in [4.78, 5) is 9.52. The zero-order valence-electron chi connectivity index (χ0n) is 7.20. The average molecular weight is 203 g/mol. The van der Waals surface area contributed by atoms with Gasteiger partial charge in [-0.25, -0.2) is 8.78 Å². The lowest BCUT2D eigenvalue weighted by Crippen LogP contribution is -2.01. The molecule has 1 aromatic rings. The standard InChI is InChI=1S/C8H7F2NO3/c1-4(12)5-2-6(9)7(10)3-8(5)11(13)14/h2-4,12H,1H3/t4-/m0/s1. The Morgan fingerprint density at radius 1 is 1.43 bits per heavy atom. The van der Waals surface area contributed by atoms with E-state index < -0.39 is 28.3 Å². The molecule has 0 amide bonds. The first-order valence-electron chi connectivity index (χ1n) is 3.75. The van der Waals surface area contributed by atoms with Crippen molar-refractivity contribution in [2.45, 2.75) is 13.0 Å². The molecule has 0 aliphatic heterocycles. The highest BCUT2D eigenvalue weighted by molar-refractivity contribution is 5.42. The maximum atomic E-state index is 12.7. The number of halogens is 2. The van der Waals surface area contributed by atoms with Crippen molar-refractivity contribution in [3.8, 4) is 0 Å². The summed E-state index contributed by atoms with van der Waals surface area (Å²) in [6, 6.07) is 1.08. The molecule has 1 atom stereocenters. The van der Waals surface area contributed by atoms with Gasteiger partial charge in [-0.3, -0.25) is 10.1 Å². The summed E-state index contributed by atoms with van der Waals surface area (Å²) < 4.78 is 25.3. The summed E-state index contributed by atoms with van der Waals surface area (Å²) in [5.41, 5.74) is -0.868. The van der Waals surface area contributed by atoms with Crippen molar-refractivity contribution in [3.63, 3.8) is 0 Å². The second-order valence-corrected chi connectivity index (χ2v) is 2.76. The molecule has 1 rings (SSSR count). The van der Waals surface area contributed by atoms with Crippen LogP contribution in [0.2, 0.25) is 0 Å². The maximum absolute atomic E-state index is 12.7. The van der Waals surface area contributed by atoms with Crippen LogP contribution in [0.5, 0.6) is 0 Å². The summed E-state index contributed by atoms with van der Waals surface area (Å²) >= 11 is 0. The molecular weight excluding hydrogens is 196 g/mol. The molecule has 6 heteroatoms. The van der Waals surface area contributed by atoms with E-state index in [1.807, 2.05) is 0 Å². The Hall–Kier alpha value is -1.56. The zero-order valence-corrected chi connectivity index (χ0v) is 7.20. The van der Waals surface area contributed by atoms with Crippen molar-refractivity contribution >= 4 is 5.69 Å². The van der Waals surface area contributed by atoms with Crippen molar-refractivity contribution < 1.29 is 18.8 Å². The van der Waals surface area contributed by atoms with Gasteiger partial charge in [0.25, 0.3) is 5.69 Å². The minimum absolute atomic E-state index is 0.242. The molecule has 0 aromatic heterocycles. The minimum atomic E-state index is -1.30. The van der Waals surface area contributed by atoms with E-state index in [0.29, 0.717) is 12.1 Å². The van der Waals surface area contributed by atoms with Crippen LogP contribution in [0.25, 0.3) is 0 Å². The van der Waals surface area contributed by atoms with E-state index in [2.05, 4.69) is 0 Å². The summed E-state index contributed by atoms with van der Waals surface area (Å²) in [6.07, 6.45) is -1.22. The number of aliphatic hydroxyl groups excluding tert-OH is 1. The second kappa shape index (κ2) is 3.67. The highest BCUT2D eigenvalue weighted by Crippen LogP contribution is 2.27. The highest BCUT2D eigenvalue weighted by Gasteiger charge is 2.21. The van der Waals surface area contributed by atoms with Crippen molar-refractivity contribution in [1.82, 2.24) is 0 Å². The van der Waals surface area contributed by atoms with Gasteiger partial charge in [0.15, 0.2) is 11.6 Å². The quantitative estimate of drug-likeness (QED) is 0.590. The van der Waals surface area contributed by atoms with Crippen molar-refractivity contribution in [3.05, 3.63) is 39.4 Å².